The normalized spacial score (nSPS) is 9.29. The van der Waals surface area contributed by atoms with Gasteiger partial charge in [0.1, 0.15) is 0 Å². The second kappa shape index (κ2) is 84.7. The van der Waals surface area contributed by atoms with Crippen molar-refractivity contribution >= 4 is 41.8 Å². The Morgan fingerprint density at radius 2 is 0.362 bits per heavy atom. The maximum atomic E-state index is 10.6. The number of carbonyl (C=O) groups is 7. The molecule has 466 valence electrons. The van der Waals surface area contributed by atoms with E-state index in [2.05, 4.69) is 78.5 Å². The third-order valence-electron chi connectivity index (χ3n) is 10.1. The first-order chi connectivity index (χ1) is 38.7. The minimum atomic E-state index is -0.359. The first-order valence-corrected chi connectivity index (χ1v) is 29.2. The summed E-state index contributed by atoms with van der Waals surface area (Å²) in [5.74, 6) is -2.29. The number of hydrogen-bond donors (Lipinski definition) is 0. The molecule has 0 heterocycles. The van der Waals surface area contributed by atoms with Gasteiger partial charge in [0.15, 0.2) is 0 Å². The maximum absolute atomic E-state index is 10.6. The number of methoxy groups -OCH3 is 2. The van der Waals surface area contributed by atoms with Crippen molar-refractivity contribution in [3.8, 4) is 0 Å². The van der Waals surface area contributed by atoms with Gasteiger partial charge in [-0.15, -0.1) is 0 Å². The minimum absolute atomic E-state index is 0.309. The highest BCUT2D eigenvalue weighted by Gasteiger charge is 1.99. The lowest BCUT2D eigenvalue weighted by molar-refractivity contribution is -0.138. The van der Waals surface area contributed by atoms with Crippen LogP contribution in [-0.2, 0) is 76.2 Å². The van der Waals surface area contributed by atoms with Gasteiger partial charge < -0.3 is 42.6 Å². The lowest BCUT2D eigenvalue weighted by Crippen LogP contribution is -2.02. The Hall–Kier alpha value is -5.61. The van der Waals surface area contributed by atoms with E-state index < -0.39 is 0 Å². The van der Waals surface area contributed by atoms with Gasteiger partial charge in [0.25, 0.3) is 0 Å². The molecule has 0 unspecified atom stereocenters. The van der Waals surface area contributed by atoms with Gasteiger partial charge in [-0.1, -0.05) is 190 Å². The zero-order valence-corrected chi connectivity index (χ0v) is 51.5. The van der Waals surface area contributed by atoms with Gasteiger partial charge in [-0.25, -0.2) is 33.6 Å². The Labute approximate surface area is 486 Å². The highest BCUT2D eigenvalue weighted by molar-refractivity contribution is 5.83. The summed E-state index contributed by atoms with van der Waals surface area (Å²) < 4.78 is 43.1. The first kappa shape index (κ1) is 88.2. The van der Waals surface area contributed by atoms with Crippen LogP contribution in [0.25, 0.3) is 0 Å². The van der Waals surface area contributed by atoms with Crippen LogP contribution in [0.4, 0.5) is 0 Å². The zero-order valence-electron chi connectivity index (χ0n) is 51.5. The second-order valence-corrected chi connectivity index (χ2v) is 17.4. The van der Waals surface area contributed by atoms with E-state index in [0.29, 0.717) is 52.9 Å². The molecule has 0 aromatic heterocycles. The molecule has 0 fully saturated rings. The third-order valence-corrected chi connectivity index (χ3v) is 10.1. The Bertz CT molecular complexity index is 1440. The fraction of sp³-hybridized carbons (Fsp3) is 0.672. The summed E-state index contributed by atoms with van der Waals surface area (Å²) >= 11 is 0. The number of esters is 7. The van der Waals surface area contributed by atoms with Crippen LogP contribution in [0, 0.1) is 0 Å². The molecule has 0 aliphatic heterocycles. The monoisotopic (exact) mass is 1140 g/mol. The quantitative estimate of drug-likeness (QED) is 0.0241. The molecule has 0 spiro atoms. The standard InChI is InChI=1S/C12H22O2.C10H18O3.C10H18O2.C9H16O2.C8H14O3.C8H14O2.C7H12O2/c1-3-5-6-7-8-9-10-11-14-12(13)4-2;1-3-10(11)13-9-7-5-4-6-8-12-2;1-3-5-6-7-8-9-12-10(11)4-2;1-3-5-6-7-8-11-9(10)4-2;1-3-8(9)11-7-5-4-6-10-2;1-3-5-6-7-10-8(9)4-2;1-3-5-6-9-7(8)4-2/h4H,2-3,5-11H2,1H3;3H,1,4-9H2,2H3;4H,2-3,5-9H2,1H3;4H,2-3,5-8H2,1H3;3H,1,4-7H2,2H3;4H,2-3,5-7H2,1H3;4H,2-3,5-6H2,1H3. The van der Waals surface area contributed by atoms with Crippen molar-refractivity contribution in [1.29, 1.82) is 0 Å². The fourth-order valence-corrected chi connectivity index (χ4v) is 5.46. The van der Waals surface area contributed by atoms with Gasteiger partial charge in [-0.3, -0.25) is 0 Å². The van der Waals surface area contributed by atoms with Gasteiger partial charge >= 0.3 is 41.8 Å². The molecule has 0 saturated heterocycles. The predicted octanol–water partition coefficient (Wildman–Crippen LogP) is 14.9. The van der Waals surface area contributed by atoms with Crippen molar-refractivity contribution < 1.29 is 76.2 Å². The van der Waals surface area contributed by atoms with E-state index in [4.69, 9.17) is 37.9 Å². The van der Waals surface area contributed by atoms with Crippen LogP contribution in [0.15, 0.2) is 88.6 Å². The van der Waals surface area contributed by atoms with Gasteiger partial charge in [-0.05, 0) is 64.2 Å². The van der Waals surface area contributed by atoms with Crippen LogP contribution < -0.4 is 0 Å². The molecule has 80 heavy (non-hydrogen) atoms. The minimum Gasteiger partial charge on any atom is -0.463 e. The molecule has 0 N–H and O–H groups in total. The van der Waals surface area contributed by atoms with Gasteiger partial charge in [0.05, 0.1) is 46.2 Å². The van der Waals surface area contributed by atoms with Crippen LogP contribution in [0.1, 0.15) is 208 Å². The van der Waals surface area contributed by atoms with Crippen LogP contribution in [0.3, 0.4) is 0 Å². The molecule has 0 aliphatic rings. The smallest absolute Gasteiger partial charge is 0.330 e. The molecule has 0 aromatic rings. The molecular formula is C64H114O16. The number of hydrogen-bond acceptors (Lipinski definition) is 16. The van der Waals surface area contributed by atoms with Crippen molar-refractivity contribution in [3.63, 3.8) is 0 Å². The van der Waals surface area contributed by atoms with Crippen molar-refractivity contribution in [2.45, 2.75) is 208 Å². The summed E-state index contributed by atoms with van der Waals surface area (Å²) in [7, 11) is 3.35. The van der Waals surface area contributed by atoms with E-state index in [1.165, 1.54) is 101 Å². The van der Waals surface area contributed by atoms with E-state index in [1.54, 1.807) is 14.2 Å². The van der Waals surface area contributed by atoms with Crippen molar-refractivity contribution in [1.82, 2.24) is 0 Å². The lowest BCUT2D eigenvalue weighted by atomic mass is 10.1. The summed E-state index contributed by atoms with van der Waals surface area (Å²) in [6.45, 7) is 38.9. The van der Waals surface area contributed by atoms with Crippen LogP contribution >= 0.6 is 0 Å². The van der Waals surface area contributed by atoms with E-state index >= 15 is 0 Å². The van der Waals surface area contributed by atoms with Crippen LogP contribution in [0.5, 0.6) is 0 Å². The summed E-state index contributed by atoms with van der Waals surface area (Å²) in [5, 5.41) is 0. The van der Waals surface area contributed by atoms with E-state index in [9.17, 15) is 33.6 Å². The van der Waals surface area contributed by atoms with E-state index in [1.807, 2.05) is 6.92 Å². The first-order valence-electron chi connectivity index (χ1n) is 29.2. The van der Waals surface area contributed by atoms with E-state index in [-0.39, 0.29) is 41.8 Å². The molecule has 16 nitrogen and oxygen atoms in total. The average molecular weight is 1140 g/mol. The van der Waals surface area contributed by atoms with Gasteiger partial charge in [-0.2, -0.15) is 0 Å². The predicted molar refractivity (Wildman–Crippen MR) is 325 cm³/mol. The number of unbranched alkanes of at least 4 members (excludes halogenated alkanes) is 20. The summed E-state index contributed by atoms with van der Waals surface area (Å²) in [4.78, 5) is 73.6. The molecule has 0 aromatic carbocycles. The average Bonchev–Trinajstić information content (AvgIpc) is 3.47. The molecule has 16 heteroatoms. The lowest BCUT2D eigenvalue weighted by Gasteiger charge is -2.01. The molecule has 0 radical (unpaired) electrons. The van der Waals surface area contributed by atoms with Crippen molar-refractivity contribution in [3.05, 3.63) is 88.6 Å². The maximum Gasteiger partial charge on any atom is 0.330 e. The van der Waals surface area contributed by atoms with Crippen molar-refractivity contribution in [2.75, 3.05) is 73.7 Å². The SMILES string of the molecule is C=CC(=O)OCCCC.C=CC(=O)OCCCCC.C=CC(=O)OCCCCCC.C=CC(=O)OCCCCCCC.C=CC(=O)OCCCCCCCCC.C=CC(=O)OCCCCCCOC.C=CC(=O)OCCCCOC. The molecule has 0 rings (SSSR count). The number of ether oxygens (including phenoxy) is 9. The largest absolute Gasteiger partial charge is 0.463 e. The fourth-order valence-electron chi connectivity index (χ4n) is 5.46. The Balaban J connectivity index is -0.000000156. The second-order valence-electron chi connectivity index (χ2n) is 17.4. The molecule has 0 amide bonds. The summed E-state index contributed by atoms with van der Waals surface area (Å²) in [6, 6.07) is 0. The Kier molecular flexibility index (Phi) is 93.4. The molecule has 0 atom stereocenters. The number of carbonyl (C=O) groups excluding carboxylic acids is 7. The van der Waals surface area contributed by atoms with Crippen LogP contribution in [-0.4, -0.2) is 115 Å². The zero-order chi connectivity index (χ0) is 61.8. The van der Waals surface area contributed by atoms with Gasteiger partial charge in [0.2, 0.25) is 0 Å². The summed E-state index contributed by atoms with van der Waals surface area (Å²) in [6.07, 6.45) is 38.5. The highest BCUT2D eigenvalue weighted by atomic mass is 16.6. The Morgan fingerprint density at radius 3 is 0.575 bits per heavy atom. The summed E-state index contributed by atoms with van der Waals surface area (Å²) in [5.41, 5.74) is 0. The molecule has 0 bridgehead atoms. The van der Waals surface area contributed by atoms with Gasteiger partial charge in [0, 0.05) is 70.0 Å². The third kappa shape index (κ3) is 101. The Morgan fingerprint density at radius 1 is 0.225 bits per heavy atom. The van der Waals surface area contributed by atoms with E-state index in [0.717, 1.165) is 122 Å². The number of rotatable bonds is 45. The molecule has 0 saturated carbocycles. The molecule has 0 aliphatic carbocycles. The van der Waals surface area contributed by atoms with Crippen molar-refractivity contribution in [2.24, 2.45) is 0 Å². The van der Waals surface area contributed by atoms with Crippen LogP contribution in [0.2, 0.25) is 0 Å². The highest BCUT2D eigenvalue weighted by Crippen LogP contribution is 2.07. The topological polar surface area (TPSA) is 203 Å². The molecular weight excluding hydrogens is 1020 g/mol.